The van der Waals surface area contributed by atoms with Crippen LogP contribution in [0.3, 0.4) is 0 Å². The van der Waals surface area contributed by atoms with Crippen molar-refractivity contribution in [2.45, 2.75) is 5.03 Å². The number of rotatable bonds is 6. The second-order valence-electron chi connectivity index (χ2n) is 5.52. The topological polar surface area (TPSA) is 158 Å². The molecule has 0 spiro atoms. The van der Waals surface area contributed by atoms with Crippen molar-refractivity contribution in [3.63, 3.8) is 0 Å². The highest BCUT2D eigenvalue weighted by Crippen LogP contribution is 2.18. The Kier molecular flexibility index (Phi) is 6.03. The molecular weight excluding hydrogens is 394 g/mol. The molecule has 3 amide bonds. The van der Waals surface area contributed by atoms with Gasteiger partial charge in [0, 0.05) is 21.1 Å². The van der Waals surface area contributed by atoms with Crippen LogP contribution in [0.15, 0.2) is 17.3 Å². The zero-order chi connectivity index (χ0) is 21.1. The Labute approximate surface area is 160 Å². The first-order valence-corrected chi connectivity index (χ1v) is 9.12. The largest absolute Gasteiger partial charge is 0.481 e. The molecule has 0 aliphatic carbocycles. The monoisotopic (exact) mass is 413 g/mol. The van der Waals surface area contributed by atoms with Crippen molar-refractivity contribution in [2.75, 3.05) is 33.6 Å². The molecule has 0 aromatic carbocycles. The van der Waals surface area contributed by atoms with Crippen LogP contribution in [0.4, 0.5) is 10.7 Å². The van der Waals surface area contributed by atoms with Crippen LogP contribution in [0.1, 0.15) is 10.4 Å². The maximum absolute atomic E-state index is 12.6. The van der Waals surface area contributed by atoms with E-state index in [1.165, 1.54) is 46.3 Å². The lowest BCUT2D eigenvalue weighted by Gasteiger charge is -2.12. The van der Waals surface area contributed by atoms with E-state index < -0.39 is 27.0 Å². The Balaban J connectivity index is 2.27. The van der Waals surface area contributed by atoms with E-state index in [9.17, 15) is 18.0 Å². The Bertz CT molecular complexity index is 979. The second-order valence-corrected chi connectivity index (χ2v) is 7.12. The van der Waals surface area contributed by atoms with Crippen LogP contribution in [-0.2, 0) is 17.1 Å². The predicted octanol–water partition coefficient (Wildman–Crippen LogP) is -0.560. The fourth-order valence-electron chi connectivity index (χ4n) is 2.10. The van der Waals surface area contributed by atoms with Crippen LogP contribution >= 0.6 is 0 Å². The van der Waals surface area contributed by atoms with Crippen LogP contribution in [-0.4, -0.2) is 73.3 Å². The van der Waals surface area contributed by atoms with Crippen LogP contribution in [0.5, 0.6) is 11.8 Å². The third-order valence-corrected chi connectivity index (χ3v) is 4.77. The highest BCUT2D eigenvalue weighted by molar-refractivity contribution is 7.90. The lowest BCUT2D eigenvalue weighted by Crippen LogP contribution is -2.37. The Morgan fingerprint density at radius 3 is 2.21 bits per heavy atom. The first-order chi connectivity index (χ1) is 13.1. The van der Waals surface area contributed by atoms with Gasteiger partial charge in [0.05, 0.1) is 32.0 Å². The maximum atomic E-state index is 12.6. The average Bonchev–Trinajstić information content (AvgIpc) is 3.02. The molecule has 13 nitrogen and oxygen atoms in total. The summed E-state index contributed by atoms with van der Waals surface area (Å²) in [5.74, 6) is -0.653. The van der Waals surface area contributed by atoms with E-state index in [0.717, 1.165) is 10.9 Å². The number of aromatic nitrogens is 4. The minimum atomic E-state index is -4.43. The summed E-state index contributed by atoms with van der Waals surface area (Å²) in [4.78, 5) is 33.2. The molecule has 152 valence electrons. The number of amides is 3. The number of nitrogens with one attached hydrogen (secondary N) is 2. The summed E-state index contributed by atoms with van der Waals surface area (Å²) in [5, 5.41) is 5.48. The average molecular weight is 413 g/mol. The minimum absolute atomic E-state index is 0.0931. The smallest absolute Gasteiger partial charge is 0.335 e. The van der Waals surface area contributed by atoms with Gasteiger partial charge in [-0.1, -0.05) is 0 Å². The highest BCUT2D eigenvalue weighted by atomic mass is 32.2. The van der Waals surface area contributed by atoms with Crippen molar-refractivity contribution in [3.8, 4) is 11.8 Å². The molecule has 0 radical (unpaired) electrons. The molecule has 2 N–H and O–H groups in total. The molecule has 0 aliphatic rings. The van der Waals surface area contributed by atoms with Gasteiger partial charge in [-0.15, -0.1) is 0 Å². The SMILES string of the molecule is COc1cc(OC)nc(NC(=O)NS(=O)(=O)c2c(C(=O)N(C)C)cnn2C)n1. The Morgan fingerprint density at radius 2 is 1.71 bits per heavy atom. The zero-order valence-corrected chi connectivity index (χ0v) is 16.6. The summed E-state index contributed by atoms with van der Waals surface area (Å²) in [6, 6.07) is 0.217. The fourth-order valence-corrected chi connectivity index (χ4v) is 3.32. The van der Waals surface area contributed by atoms with Gasteiger partial charge < -0.3 is 14.4 Å². The van der Waals surface area contributed by atoms with Gasteiger partial charge in [0.15, 0.2) is 5.03 Å². The molecule has 14 heteroatoms. The number of anilines is 1. The third kappa shape index (κ3) is 4.46. The summed E-state index contributed by atoms with van der Waals surface area (Å²) < 4.78 is 37.9. The van der Waals surface area contributed by atoms with Crippen LogP contribution in [0.25, 0.3) is 0 Å². The molecule has 2 rings (SSSR count). The number of nitrogens with zero attached hydrogens (tertiary/aromatic N) is 5. The van der Waals surface area contributed by atoms with E-state index in [-0.39, 0.29) is 23.3 Å². The van der Waals surface area contributed by atoms with Gasteiger partial charge in [0.25, 0.3) is 15.9 Å². The molecule has 0 bridgehead atoms. The molecule has 28 heavy (non-hydrogen) atoms. The summed E-state index contributed by atoms with van der Waals surface area (Å²) in [7, 11) is 2.51. The first kappa shape index (κ1) is 20.9. The van der Waals surface area contributed by atoms with Crippen molar-refractivity contribution >= 4 is 27.9 Å². The normalized spacial score (nSPS) is 10.9. The summed E-state index contributed by atoms with van der Waals surface area (Å²) >= 11 is 0. The van der Waals surface area contributed by atoms with Gasteiger partial charge in [0.2, 0.25) is 17.7 Å². The number of carbonyl (C=O) groups is 2. The number of methoxy groups -OCH3 is 2. The molecule has 2 heterocycles. The number of hydrogen-bond donors (Lipinski definition) is 2. The summed E-state index contributed by atoms with van der Waals surface area (Å²) in [5.41, 5.74) is -0.188. The van der Waals surface area contributed by atoms with Gasteiger partial charge in [-0.3, -0.25) is 14.8 Å². The number of ether oxygens (including phenoxy) is 2. The lowest BCUT2D eigenvalue weighted by molar-refractivity contribution is 0.0823. The van der Waals surface area contributed by atoms with Crippen molar-refractivity contribution in [2.24, 2.45) is 7.05 Å². The van der Waals surface area contributed by atoms with E-state index in [1.807, 2.05) is 0 Å². The van der Waals surface area contributed by atoms with Gasteiger partial charge in [-0.25, -0.2) is 9.52 Å². The molecule has 0 saturated heterocycles. The molecule has 0 atom stereocenters. The van der Waals surface area contributed by atoms with E-state index >= 15 is 0 Å². The zero-order valence-electron chi connectivity index (χ0n) is 15.7. The molecular formula is C14H19N7O6S. The van der Waals surface area contributed by atoms with E-state index in [0.29, 0.717) is 0 Å². The summed E-state index contributed by atoms with van der Waals surface area (Å²) in [6.07, 6.45) is 1.10. The maximum Gasteiger partial charge on any atom is 0.335 e. The van der Waals surface area contributed by atoms with E-state index in [1.54, 1.807) is 4.72 Å². The number of hydrogen-bond acceptors (Lipinski definition) is 9. The molecule has 0 fully saturated rings. The minimum Gasteiger partial charge on any atom is -0.481 e. The highest BCUT2D eigenvalue weighted by Gasteiger charge is 2.30. The third-order valence-electron chi connectivity index (χ3n) is 3.33. The quantitative estimate of drug-likeness (QED) is 0.633. The Hall–Kier alpha value is -3.42. The van der Waals surface area contributed by atoms with Gasteiger partial charge in [0.1, 0.15) is 0 Å². The van der Waals surface area contributed by atoms with Crippen molar-refractivity contribution < 1.29 is 27.5 Å². The van der Waals surface area contributed by atoms with Gasteiger partial charge in [-0.2, -0.15) is 23.5 Å². The van der Waals surface area contributed by atoms with E-state index in [2.05, 4.69) is 20.4 Å². The van der Waals surface area contributed by atoms with Crippen molar-refractivity contribution in [1.29, 1.82) is 0 Å². The van der Waals surface area contributed by atoms with Crippen molar-refractivity contribution in [1.82, 2.24) is 29.4 Å². The van der Waals surface area contributed by atoms with Gasteiger partial charge >= 0.3 is 6.03 Å². The number of urea groups is 1. The second kappa shape index (κ2) is 8.08. The summed E-state index contributed by atoms with van der Waals surface area (Å²) in [6.45, 7) is 0. The predicted molar refractivity (Wildman–Crippen MR) is 95.7 cm³/mol. The number of carbonyl (C=O) groups excluding carboxylic acids is 2. The molecule has 2 aromatic heterocycles. The Morgan fingerprint density at radius 1 is 1.14 bits per heavy atom. The van der Waals surface area contributed by atoms with Gasteiger partial charge in [-0.05, 0) is 0 Å². The standard InChI is InChI=1S/C14H19N7O6S/c1-20(2)11(22)8-7-15-21(3)12(8)28(24,25)19-14(23)18-13-16-9(26-4)6-10(17-13)27-5/h6-7H,1-5H3,(H2,16,17,18,19,23). The van der Waals surface area contributed by atoms with E-state index in [4.69, 9.17) is 9.47 Å². The van der Waals surface area contributed by atoms with Crippen LogP contribution in [0.2, 0.25) is 0 Å². The molecule has 0 aliphatic heterocycles. The van der Waals surface area contributed by atoms with Crippen LogP contribution in [0, 0.1) is 0 Å². The molecule has 0 saturated carbocycles. The van der Waals surface area contributed by atoms with Crippen molar-refractivity contribution in [3.05, 3.63) is 17.8 Å². The van der Waals surface area contributed by atoms with Crippen LogP contribution < -0.4 is 19.5 Å². The molecule has 0 unspecified atom stereocenters. The lowest BCUT2D eigenvalue weighted by atomic mass is 10.3. The number of aryl methyl sites for hydroxylation is 1. The number of sulfonamides is 1. The first-order valence-electron chi connectivity index (χ1n) is 7.63. The molecule has 2 aromatic rings. The fraction of sp³-hybridized carbons (Fsp3) is 0.357.